The third-order valence-electron chi connectivity index (χ3n) is 2.65. The lowest BCUT2D eigenvalue weighted by Gasteiger charge is -2.07. The molecule has 0 aliphatic carbocycles. The standard InChI is InChI=1S/C14H21NO2S/c1-12(2)6-4-5-11-15-18(16,17)14-9-7-13(3)8-10-14/h7-10,15H,1,4-6,11H2,2-3H3. The normalized spacial score (nSPS) is 11.4. The molecule has 0 bridgehead atoms. The zero-order chi connectivity index (χ0) is 13.6. The van der Waals surface area contributed by atoms with Gasteiger partial charge in [-0.2, -0.15) is 0 Å². The van der Waals surface area contributed by atoms with Crippen LogP contribution in [0.15, 0.2) is 41.3 Å². The van der Waals surface area contributed by atoms with Crippen LogP contribution in [0.3, 0.4) is 0 Å². The van der Waals surface area contributed by atoms with Crippen LogP contribution in [0.4, 0.5) is 0 Å². The molecule has 0 radical (unpaired) electrons. The van der Waals surface area contributed by atoms with E-state index in [1.807, 2.05) is 13.8 Å². The Morgan fingerprint density at radius 2 is 1.83 bits per heavy atom. The highest BCUT2D eigenvalue weighted by atomic mass is 32.2. The summed E-state index contributed by atoms with van der Waals surface area (Å²) in [5.41, 5.74) is 2.19. The van der Waals surface area contributed by atoms with E-state index in [0.29, 0.717) is 11.4 Å². The second kappa shape index (κ2) is 6.71. The van der Waals surface area contributed by atoms with Crippen molar-refractivity contribution >= 4 is 10.0 Å². The summed E-state index contributed by atoms with van der Waals surface area (Å²) < 4.78 is 26.4. The fourth-order valence-electron chi connectivity index (χ4n) is 1.56. The number of allylic oxidation sites excluding steroid dienone is 1. The van der Waals surface area contributed by atoms with Gasteiger partial charge in [0.2, 0.25) is 10.0 Å². The molecule has 0 saturated carbocycles. The van der Waals surface area contributed by atoms with Gasteiger partial charge in [-0.15, -0.1) is 6.58 Å². The molecule has 0 aromatic heterocycles. The summed E-state index contributed by atoms with van der Waals surface area (Å²) in [6.07, 6.45) is 2.75. The van der Waals surface area contributed by atoms with Gasteiger partial charge in [0.05, 0.1) is 4.90 Å². The minimum absolute atomic E-state index is 0.327. The van der Waals surface area contributed by atoms with Crippen LogP contribution in [-0.2, 0) is 10.0 Å². The summed E-state index contributed by atoms with van der Waals surface area (Å²) in [5, 5.41) is 0. The molecule has 4 heteroatoms. The van der Waals surface area contributed by atoms with Crippen molar-refractivity contribution in [2.45, 2.75) is 38.0 Å². The highest BCUT2D eigenvalue weighted by Gasteiger charge is 2.12. The van der Waals surface area contributed by atoms with Crippen molar-refractivity contribution in [1.29, 1.82) is 0 Å². The Morgan fingerprint density at radius 1 is 1.22 bits per heavy atom. The first-order valence-corrected chi connectivity index (χ1v) is 7.61. The van der Waals surface area contributed by atoms with Gasteiger partial charge >= 0.3 is 0 Å². The van der Waals surface area contributed by atoms with Crippen LogP contribution in [0.1, 0.15) is 31.7 Å². The number of hydrogen-bond acceptors (Lipinski definition) is 2. The first-order valence-electron chi connectivity index (χ1n) is 6.12. The third kappa shape index (κ3) is 5.02. The number of nitrogens with one attached hydrogen (secondary N) is 1. The van der Waals surface area contributed by atoms with Gasteiger partial charge in [-0.3, -0.25) is 0 Å². The predicted molar refractivity (Wildman–Crippen MR) is 75.0 cm³/mol. The lowest BCUT2D eigenvalue weighted by atomic mass is 10.1. The molecule has 3 nitrogen and oxygen atoms in total. The first kappa shape index (κ1) is 14.9. The maximum atomic E-state index is 11.9. The van der Waals surface area contributed by atoms with Crippen LogP contribution in [-0.4, -0.2) is 15.0 Å². The second-order valence-electron chi connectivity index (χ2n) is 4.63. The van der Waals surface area contributed by atoms with E-state index in [1.54, 1.807) is 24.3 Å². The molecule has 0 fully saturated rings. The van der Waals surface area contributed by atoms with Crippen LogP contribution in [0.25, 0.3) is 0 Å². The van der Waals surface area contributed by atoms with E-state index in [1.165, 1.54) is 0 Å². The van der Waals surface area contributed by atoms with Gasteiger partial charge in [0, 0.05) is 6.54 Å². The van der Waals surface area contributed by atoms with Crippen LogP contribution in [0.5, 0.6) is 0 Å². The summed E-state index contributed by atoms with van der Waals surface area (Å²) >= 11 is 0. The number of rotatable bonds is 7. The van der Waals surface area contributed by atoms with Gasteiger partial charge in [0.1, 0.15) is 0 Å². The fourth-order valence-corrected chi connectivity index (χ4v) is 2.63. The summed E-state index contributed by atoms with van der Waals surface area (Å²) in [5.74, 6) is 0. The van der Waals surface area contributed by atoms with Crippen LogP contribution in [0.2, 0.25) is 0 Å². The molecule has 0 saturated heterocycles. The molecule has 1 aromatic carbocycles. The van der Waals surface area contributed by atoms with Crippen molar-refractivity contribution in [3.05, 3.63) is 42.0 Å². The molecule has 0 aliphatic rings. The molecule has 0 atom stereocenters. The molecular weight excluding hydrogens is 246 g/mol. The van der Waals surface area contributed by atoms with Gasteiger partial charge in [-0.05, 0) is 45.2 Å². The number of aryl methyl sites for hydroxylation is 1. The Kier molecular flexibility index (Phi) is 5.56. The van der Waals surface area contributed by atoms with Crippen molar-refractivity contribution in [3.63, 3.8) is 0 Å². The van der Waals surface area contributed by atoms with Crippen LogP contribution < -0.4 is 4.72 Å². The third-order valence-corrected chi connectivity index (χ3v) is 4.13. The van der Waals surface area contributed by atoms with Gasteiger partial charge in [-0.1, -0.05) is 23.3 Å². The van der Waals surface area contributed by atoms with E-state index in [0.717, 1.165) is 30.4 Å². The Balaban J connectivity index is 2.45. The Bertz CT molecular complexity index is 489. The molecular formula is C14H21NO2S. The smallest absolute Gasteiger partial charge is 0.211 e. The van der Waals surface area contributed by atoms with Gasteiger partial charge in [0.15, 0.2) is 0 Å². The Morgan fingerprint density at radius 3 is 2.39 bits per heavy atom. The van der Waals surface area contributed by atoms with Crippen LogP contribution in [0, 0.1) is 6.92 Å². The molecule has 1 N–H and O–H groups in total. The maximum Gasteiger partial charge on any atom is 0.240 e. The lowest BCUT2D eigenvalue weighted by Crippen LogP contribution is -2.24. The monoisotopic (exact) mass is 267 g/mol. The maximum absolute atomic E-state index is 11.9. The average Bonchev–Trinajstić information content (AvgIpc) is 2.28. The fraction of sp³-hybridized carbons (Fsp3) is 0.429. The highest BCUT2D eigenvalue weighted by Crippen LogP contribution is 2.10. The summed E-state index contributed by atoms with van der Waals surface area (Å²) in [4.78, 5) is 0.327. The Hall–Kier alpha value is -1.13. The van der Waals surface area contributed by atoms with E-state index >= 15 is 0 Å². The molecule has 100 valence electrons. The minimum atomic E-state index is -3.35. The molecule has 0 spiro atoms. The van der Waals surface area contributed by atoms with Crippen molar-refractivity contribution in [1.82, 2.24) is 4.72 Å². The van der Waals surface area contributed by atoms with Gasteiger partial charge < -0.3 is 0 Å². The van der Waals surface area contributed by atoms with E-state index in [4.69, 9.17) is 0 Å². The Labute approximate surface area is 110 Å². The molecule has 0 aliphatic heterocycles. The van der Waals surface area contributed by atoms with Crippen molar-refractivity contribution < 1.29 is 8.42 Å². The van der Waals surface area contributed by atoms with Gasteiger partial charge in [-0.25, -0.2) is 13.1 Å². The number of sulfonamides is 1. The topological polar surface area (TPSA) is 46.2 Å². The van der Waals surface area contributed by atoms with Crippen molar-refractivity contribution in [3.8, 4) is 0 Å². The predicted octanol–water partition coefficient (Wildman–Crippen LogP) is 3.02. The SMILES string of the molecule is C=C(C)CCCCNS(=O)(=O)c1ccc(C)cc1. The largest absolute Gasteiger partial charge is 0.240 e. The van der Waals surface area contributed by atoms with Gasteiger partial charge in [0.25, 0.3) is 0 Å². The summed E-state index contributed by atoms with van der Waals surface area (Å²) in [7, 11) is -3.35. The summed E-state index contributed by atoms with van der Waals surface area (Å²) in [6, 6.07) is 6.86. The average molecular weight is 267 g/mol. The molecule has 0 amide bonds. The van der Waals surface area contributed by atoms with E-state index < -0.39 is 10.0 Å². The molecule has 1 aromatic rings. The summed E-state index contributed by atoms with van der Waals surface area (Å²) in [6.45, 7) is 8.21. The highest BCUT2D eigenvalue weighted by molar-refractivity contribution is 7.89. The van der Waals surface area contributed by atoms with E-state index in [9.17, 15) is 8.42 Å². The van der Waals surface area contributed by atoms with Crippen molar-refractivity contribution in [2.24, 2.45) is 0 Å². The molecule has 18 heavy (non-hydrogen) atoms. The van der Waals surface area contributed by atoms with Crippen molar-refractivity contribution in [2.75, 3.05) is 6.54 Å². The zero-order valence-corrected chi connectivity index (χ0v) is 11.9. The molecule has 0 unspecified atom stereocenters. The number of hydrogen-bond donors (Lipinski definition) is 1. The van der Waals surface area contributed by atoms with E-state index in [2.05, 4.69) is 11.3 Å². The lowest BCUT2D eigenvalue weighted by molar-refractivity contribution is 0.576. The first-order chi connectivity index (χ1) is 8.42. The number of benzene rings is 1. The minimum Gasteiger partial charge on any atom is -0.211 e. The number of unbranched alkanes of at least 4 members (excludes halogenated alkanes) is 1. The van der Waals surface area contributed by atoms with Crippen LogP contribution >= 0.6 is 0 Å². The van der Waals surface area contributed by atoms with E-state index in [-0.39, 0.29) is 0 Å². The molecule has 0 heterocycles. The zero-order valence-electron chi connectivity index (χ0n) is 11.1. The quantitative estimate of drug-likeness (QED) is 0.609. The molecule has 1 rings (SSSR count). The second-order valence-corrected chi connectivity index (χ2v) is 6.39.